The second-order valence-electron chi connectivity index (χ2n) is 3.78. The van der Waals surface area contributed by atoms with Gasteiger partial charge in [-0.1, -0.05) is 25.8 Å². The first kappa shape index (κ1) is 12.6. The molecule has 0 saturated carbocycles. The number of unbranched alkanes of at least 4 members (excludes halogenated alkanes) is 1. The highest BCUT2D eigenvalue weighted by Gasteiger charge is 2.15. The van der Waals surface area contributed by atoms with E-state index in [-0.39, 0.29) is 0 Å². The Bertz CT molecular complexity index is 314. The van der Waals surface area contributed by atoms with Crippen LogP contribution in [0.15, 0.2) is 24.5 Å². The van der Waals surface area contributed by atoms with Crippen molar-refractivity contribution in [1.82, 2.24) is 10.3 Å². The summed E-state index contributed by atoms with van der Waals surface area (Å²) in [5.74, 6) is -0.780. The third kappa shape index (κ3) is 4.40. The van der Waals surface area contributed by atoms with Crippen LogP contribution in [0.1, 0.15) is 31.7 Å². The van der Waals surface area contributed by atoms with Crippen molar-refractivity contribution in [3.63, 3.8) is 0 Å². The number of rotatable bonds is 7. The third-order valence-corrected chi connectivity index (χ3v) is 2.42. The highest BCUT2D eigenvalue weighted by Crippen LogP contribution is 2.03. The molecule has 1 aromatic rings. The van der Waals surface area contributed by atoms with Crippen molar-refractivity contribution in [3.8, 4) is 0 Å². The molecule has 0 aromatic carbocycles. The lowest BCUT2D eigenvalue weighted by molar-refractivity contribution is -0.139. The van der Waals surface area contributed by atoms with Crippen molar-refractivity contribution in [2.75, 3.05) is 0 Å². The van der Waals surface area contributed by atoms with E-state index >= 15 is 0 Å². The van der Waals surface area contributed by atoms with Crippen LogP contribution >= 0.6 is 0 Å². The maximum atomic E-state index is 10.9. The molecule has 1 rings (SSSR count). The van der Waals surface area contributed by atoms with Crippen molar-refractivity contribution in [2.45, 2.75) is 38.8 Å². The van der Waals surface area contributed by atoms with Crippen LogP contribution in [-0.2, 0) is 11.3 Å². The maximum absolute atomic E-state index is 10.9. The Kier molecular flexibility index (Phi) is 5.50. The van der Waals surface area contributed by atoms with Crippen LogP contribution in [0.3, 0.4) is 0 Å². The first-order valence-electron chi connectivity index (χ1n) is 5.59. The van der Waals surface area contributed by atoms with Crippen molar-refractivity contribution < 1.29 is 9.90 Å². The predicted octanol–water partition coefficient (Wildman–Crippen LogP) is 1.81. The number of carboxylic acid groups (broad SMARTS) is 1. The second-order valence-corrected chi connectivity index (χ2v) is 3.78. The highest BCUT2D eigenvalue weighted by molar-refractivity contribution is 5.73. The zero-order valence-electron chi connectivity index (χ0n) is 9.52. The first-order chi connectivity index (χ1) is 7.74. The van der Waals surface area contributed by atoms with Crippen LogP contribution in [0.4, 0.5) is 0 Å². The van der Waals surface area contributed by atoms with Crippen LogP contribution in [0.2, 0.25) is 0 Å². The Balaban J connectivity index is 2.41. The number of pyridine rings is 1. The standard InChI is InChI=1S/C12H18N2O2/c1-2-3-6-11(12(15)16)14-9-10-5-4-7-13-8-10/h4-5,7-8,11,14H,2-3,6,9H2,1H3,(H,15,16). The van der Waals surface area contributed by atoms with Gasteiger partial charge in [0.05, 0.1) is 0 Å². The van der Waals surface area contributed by atoms with E-state index in [2.05, 4.69) is 17.2 Å². The fourth-order valence-corrected chi connectivity index (χ4v) is 1.46. The lowest BCUT2D eigenvalue weighted by Gasteiger charge is -2.13. The smallest absolute Gasteiger partial charge is 0.320 e. The van der Waals surface area contributed by atoms with Crippen LogP contribution in [-0.4, -0.2) is 22.1 Å². The molecule has 0 radical (unpaired) electrons. The molecule has 4 heteroatoms. The maximum Gasteiger partial charge on any atom is 0.320 e. The molecule has 0 amide bonds. The molecule has 1 heterocycles. The summed E-state index contributed by atoms with van der Waals surface area (Å²) in [6.07, 6.45) is 6.06. The van der Waals surface area contributed by atoms with Crippen molar-refractivity contribution in [1.29, 1.82) is 0 Å². The zero-order valence-corrected chi connectivity index (χ0v) is 9.52. The fourth-order valence-electron chi connectivity index (χ4n) is 1.46. The third-order valence-electron chi connectivity index (χ3n) is 2.42. The minimum absolute atomic E-state index is 0.458. The molecule has 0 spiro atoms. The Morgan fingerprint density at radius 3 is 3.00 bits per heavy atom. The molecule has 0 saturated heterocycles. The SMILES string of the molecule is CCCCC(NCc1cccnc1)C(=O)O. The molecule has 1 aromatic heterocycles. The van der Waals surface area contributed by atoms with E-state index in [1.54, 1.807) is 12.4 Å². The molecule has 16 heavy (non-hydrogen) atoms. The number of hydrogen-bond acceptors (Lipinski definition) is 3. The minimum atomic E-state index is -0.780. The summed E-state index contributed by atoms with van der Waals surface area (Å²) in [6, 6.07) is 3.32. The summed E-state index contributed by atoms with van der Waals surface area (Å²) in [7, 11) is 0. The van der Waals surface area contributed by atoms with Gasteiger partial charge in [0.1, 0.15) is 6.04 Å². The average molecular weight is 222 g/mol. The van der Waals surface area contributed by atoms with Gasteiger partial charge in [-0.15, -0.1) is 0 Å². The predicted molar refractivity (Wildman–Crippen MR) is 62.0 cm³/mol. The van der Waals surface area contributed by atoms with Gasteiger partial charge in [-0.3, -0.25) is 9.78 Å². The van der Waals surface area contributed by atoms with E-state index in [0.717, 1.165) is 18.4 Å². The summed E-state index contributed by atoms with van der Waals surface area (Å²) in [4.78, 5) is 14.9. The fraction of sp³-hybridized carbons (Fsp3) is 0.500. The highest BCUT2D eigenvalue weighted by atomic mass is 16.4. The number of nitrogens with zero attached hydrogens (tertiary/aromatic N) is 1. The monoisotopic (exact) mass is 222 g/mol. The summed E-state index contributed by atoms with van der Waals surface area (Å²) in [6.45, 7) is 2.61. The second kappa shape index (κ2) is 6.95. The molecule has 0 aliphatic heterocycles. The van der Waals surface area contributed by atoms with Gasteiger partial charge in [0.15, 0.2) is 0 Å². The summed E-state index contributed by atoms with van der Waals surface area (Å²) >= 11 is 0. The largest absolute Gasteiger partial charge is 0.480 e. The summed E-state index contributed by atoms with van der Waals surface area (Å²) < 4.78 is 0. The number of nitrogens with one attached hydrogen (secondary N) is 1. The molecule has 0 aliphatic rings. The molecule has 0 bridgehead atoms. The van der Waals surface area contributed by atoms with Gasteiger partial charge in [0, 0.05) is 18.9 Å². The molecule has 0 aliphatic carbocycles. The lowest BCUT2D eigenvalue weighted by Crippen LogP contribution is -2.36. The number of aromatic nitrogens is 1. The van der Waals surface area contributed by atoms with Gasteiger partial charge in [-0.05, 0) is 18.1 Å². The Morgan fingerprint density at radius 1 is 1.62 bits per heavy atom. The molecule has 2 N–H and O–H groups in total. The van der Waals surface area contributed by atoms with Gasteiger partial charge in [0.2, 0.25) is 0 Å². The van der Waals surface area contributed by atoms with Gasteiger partial charge >= 0.3 is 5.97 Å². The van der Waals surface area contributed by atoms with Gasteiger partial charge in [0.25, 0.3) is 0 Å². The van der Waals surface area contributed by atoms with Gasteiger partial charge in [-0.2, -0.15) is 0 Å². The zero-order chi connectivity index (χ0) is 11.8. The lowest BCUT2D eigenvalue weighted by atomic mass is 10.1. The van der Waals surface area contributed by atoms with Crippen LogP contribution in [0, 0.1) is 0 Å². The Hall–Kier alpha value is -1.42. The average Bonchev–Trinajstić information content (AvgIpc) is 2.30. The molecule has 1 atom stereocenters. The molecular formula is C12H18N2O2. The molecule has 88 valence electrons. The number of aliphatic carboxylic acids is 1. The van der Waals surface area contributed by atoms with Gasteiger partial charge < -0.3 is 10.4 Å². The van der Waals surface area contributed by atoms with Crippen molar-refractivity contribution in [2.24, 2.45) is 0 Å². The minimum Gasteiger partial charge on any atom is -0.480 e. The topological polar surface area (TPSA) is 62.2 Å². The molecule has 0 fully saturated rings. The number of hydrogen-bond donors (Lipinski definition) is 2. The van der Waals surface area contributed by atoms with Crippen LogP contribution in [0.25, 0.3) is 0 Å². The first-order valence-corrected chi connectivity index (χ1v) is 5.59. The van der Waals surface area contributed by atoms with E-state index in [0.29, 0.717) is 13.0 Å². The number of carbonyl (C=O) groups is 1. The van der Waals surface area contributed by atoms with E-state index in [1.165, 1.54) is 0 Å². The van der Waals surface area contributed by atoms with E-state index < -0.39 is 12.0 Å². The normalized spacial score (nSPS) is 12.3. The Morgan fingerprint density at radius 2 is 2.44 bits per heavy atom. The van der Waals surface area contributed by atoms with Crippen LogP contribution in [0.5, 0.6) is 0 Å². The van der Waals surface area contributed by atoms with Crippen molar-refractivity contribution in [3.05, 3.63) is 30.1 Å². The molecular weight excluding hydrogens is 204 g/mol. The summed E-state index contributed by atoms with van der Waals surface area (Å²) in [5, 5.41) is 12.0. The van der Waals surface area contributed by atoms with Crippen molar-refractivity contribution >= 4 is 5.97 Å². The van der Waals surface area contributed by atoms with Gasteiger partial charge in [-0.25, -0.2) is 0 Å². The van der Waals surface area contributed by atoms with E-state index in [9.17, 15) is 4.79 Å². The molecule has 1 unspecified atom stereocenters. The Labute approximate surface area is 95.7 Å². The summed E-state index contributed by atoms with van der Waals surface area (Å²) in [5.41, 5.74) is 1.00. The van der Waals surface area contributed by atoms with E-state index in [1.807, 2.05) is 12.1 Å². The van der Waals surface area contributed by atoms with E-state index in [4.69, 9.17) is 5.11 Å². The quantitative estimate of drug-likeness (QED) is 0.738. The van der Waals surface area contributed by atoms with Crippen LogP contribution < -0.4 is 5.32 Å². The number of carboxylic acids is 1. The molecule has 4 nitrogen and oxygen atoms in total.